The van der Waals surface area contributed by atoms with Crippen molar-refractivity contribution in [2.24, 2.45) is 0 Å². The molecule has 2 amide bonds. The van der Waals surface area contributed by atoms with Crippen molar-refractivity contribution >= 4 is 23.4 Å². The molecule has 2 N–H and O–H groups in total. The quantitative estimate of drug-likeness (QED) is 0.194. The molecular weight excluding hydrogens is 630 g/mol. The number of hydrogen-bond donors (Lipinski definition) is 2. The Balaban J connectivity index is 1.05. The maximum absolute atomic E-state index is 13.6. The van der Waals surface area contributed by atoms with Gasteiger partial charge in [-0.1, -0.05) is 62.7 Å². The molecule has 50 heavy (non-hydrogen) atoms. The number of rotatable bonds is 9. The fraction of sp³-hybridized carbons (Fsp3) is 0.421. The topological polar surface area (TPSA) is 114 Å². The van der Waals surface area contributed by atoms with Crippen LogP contribution >= 0.6 is 0 Å². The summed E-state index contributed by atoms with van der Waals surface area (Å²) in [5, 5.41) is 20.1. The average molecular weight is 678 g/mol. The predicted molar refractivity (Wildman–Crippen MR) is 194 cm³/mol. The number of morpholine rings is 1. The normalized spacial score (nSPS) is 18.1. The van der Waals surface area contributed by atoms with Crippen molar-refractivity contribution in [3.05, 3.63) is 95.3 Å². The Kier molecular flexibility index (Phi) is 9.48. The maximum Gasteiger partial charge on any atom is 0.320 e. The van der Waals surface area contributed by atoms with Gasteiger partial charge in [-0.25, -0.2) is 9.48 Å². The highest BCUT2D eigenvalue weighted by Gasteiger charge is 2.30. The zero-order valence-corrected chi connectivity index (χ0v) is 29.6. The number of likely N-dealkylation sites (N-methyl/N-ethyl adjacent to an activating group) is 1. The maximum atomic E-state index is 13.6. The molecule has 1 aliphatic heterocycles. The molecule has 12 nitrogen and oxygen atoms in total. The Hall–Kier alpha value is -4.94. The van der Waals surface area contributed by atoms with Crippen LogP contribution in [0.1, 0.15) is 68.1 Å². The van der Waals surface area contributed by atoms with Gasteiger partial charge in [-0.15, -0.1) is 10.2 Å². The van der Waals surface area contributed by atoms with Crippen LogP contribution in [0.3, 0.4) is 0 Å². The predicted octanol–water partition coefficient (Wildman–Crippen LogP) is 6.07. The number of hydrogen-bond acceptors (Lipinski definition) is 8. The smallest absolute Gasteiger partial charge is 0.320 e. The Bertz CT molecular complexity index is 1940. The number of benzene rings is 2. The van der Waals surface area contributed by atoms with Crippen LogP contribution in [0.15, 0.2) is 72.9 Å². The van der Waals surface area contributed by atoms with E-state index in [2.05, 4.69) is 70.5 Å². The first-order chi connectivity index (χ1) is 24.1. The van der Waals surface area contributed by atoms with Crippen LogP contribution in [0.2, 0.25) is 0 Å². The fourth-order valence-electron chi connectivity index (χ4n) is 6.62. The van der Waals surface area contributed by atoms with Gasteiger partial charge in [0.1, 0.15) is 17.7 Å². The molecule has 12 heteroatoms. The third-order valence-electron chi connectivity index (χ3n) is 9.57. The molecule has 1 aliphatic carbocycles. The number of anilines is 2. The lowest BCUT2D eigenvalue weighted by atomic mass is 9.85. The highest BCUT2D eigenvalue weighted by molar-refractivity contribution is 5.89. The minimum atomic E-state index is -0.277. The lowest BCUT2D eigenvalue weighted by Crippen LogP contribution is -2.41. The zero-order valence-electron chi connectivity index (χ0n) is 29.6. The lowest BCUT2D eigenvalue weighted by molar-refractivity contribution is 0.0392. The number of amides is 2. The monoisotopic (exact) mass is 677 g/mol. The molecule has 0 spiro atoms. The van der Waals surface area contributed by atoms with E-state index in [1.165, 1.54) is 0 Å². The standard InChI is InChI=1S/C38H47N9O3/c1-26-10-12-27(13-11-26)47-35(24-33(43-47)38(2,3)4)40-36(48)39-31-15-16-32(30-9-7-6-8-29(30)31)50-28-14-17-34-41-42-37(46(34)25-28)44(5)18-19-45-20-22-49-23-21-45/h6-14,17,24-25,31-32H,15-16,18-23H2,1-5H3,(H2,39,40,48)/t31-,32+/m0/s1. The number of aromatic nitrogens is 5. The second kappa shape index (κ2) is 14.1. The number of urea groups is 1. The first-order valence-electron chi connectivity index (χ1n) is 17.5. The van der Waals surface area contributed by atoms with Gasteiger partial charge in [0.25, 0.3) is 0 Å². The van der Waals surface area contributed by atoms with E-state index in [9.17, 15) is 4.79 Å². The third-order valence-corrected chi connectivity index (χ3v) is 9.57. The summed E-state index contributed by atoms with van der Waals surface area (Å²) in [6, 6.07) is 21.7. The van der Waals surface area contributed by atoms with Crippen LogP contribution in [0.5, 0.6) is 5.75 Å². The number of nitrogens with zero attached hydrogens (tertiary/aromatic N) is 7. The van der Waals surface area contributed by atoms with Crippen molar-refractivity contribution in [1.82, 2.24) is 34.6 Å². The fourth-order valence-corrected chi connectivity index (χ4v) is 6.62. The average Bonchev–Trinajstić information content (AvgIpc) is 3.74. The van der Waals surface area contributed by atoms with Gasteiger partial charge in [-0.3, -0.25) is 14.6 Å². The van der Waals surface area contributed by atoms with E-state index < -0.39 is 0 Å². The van der Waals surface area contributed by atoms with E-state index in [0.29, 0.717) is 5.82 Å². The van der Waals surface area contributed by atoms with E-state index in [1.807, 2.05) is 72.2 Å². The molecule has 3 aromatic heterocycles. The van der Waals surface area contributed by atoms with E-state index in [-0.39, 0.29) is 23.6 Å². The summed E-state index contributed by atoms with van der Waals surface area (Å²) < 4.78 is 15.9. The summed E-state index contributed by atoms with van der Waals surface area (Å²) in [5.74, 6) is 2.14. The van der Waals surface area contributed by atoms with Gasteiger partial charge in [0, 0.05) is 44.7 Å². The number of fused-ring (bicyclic) bond motifs is 2. The molecule has 0 bridgehead atoms. The van der Waals surface area contributed by atoms with Crippen LogP contribution in [0, 0.1) is 6.92 Å². The molecule has 0 radical (unpaired) electrons. The second-order valence-electron chi connectivity index (χ2n) is 14.3. The first kappa shape index (κ1) is 33.6. The van der Waals surface area contributed by atoms with Crippen LogP contribution in [0.25, 0.3) is 11.3 Å². The molecule has 0 saturated carbocycles. The number of carbonyl (C=O) groups excluding carboxylic acids is 1. The molecule has 0 unspecified atom stereocenters. The molecule has 7 rings (SSSR count). The van der Waals surface area contributed by atoms with Crippen molar-refractivity contribution in [1.29, 1.82) is 0 Å². The Labute approximate surface area is 293 Å². The minimum absolute atomic E-state index is 0.166. The Morgan fingerprint density at radius 1 is 1.00 bits per heavy atom. The molecular formula is C38H47N9O3. The molecule has 262 valence electrons. The summed E-state index contributed by atoms with van der Waals surface area (Å²) in [6.45, 7) is 13.6. The van der Waals surface area contributed by atoms with Gasteiger partial charge in [0.05, 0.1) is 36.8 Å². The Morgan fingerprint density at radius 2 is 1.76 bits per heavy atom. The highest BCUT2D eigenvalue weighted by atomic mass is 16.5. The molecule has 4 heterocycles. The van der Waals surface area contributed by atoms with Gasteiger partial charge >= 0.3 is 6.03 Å². The van der Waals surface area contributed by atoms with Crippen molar-refractivity contribution < 1.29 is 14.3 Å². The van der Waals surface area contributed by atoms with Crippen LogP contribution < -0.4 is 20.3 Å². The molecule has 2 atom stereocenters. The van der Waals surface area contributed by atoms with Gasteiger partial charge < -0.3 is 19.7 Å². The van der Waals surface area contributed by atoms with Gasteiger partial charge in [-0.05, 0) is 55.2 Å². The van der Waals surface area contributed by atoms with Crippen LogP contribution in [0.4, 0.5) is 16.6 Å². The summed E-state index contributed by atoms with van der Waals surface area (Å²) in [6.07, 6.45) is 3.27. The largest absolute Gasteiger partial charge is 0.484 e. The summed E-state index contributed by atoms with van der Waals surface area (Å²) in [7, 11) is 2.05. The van der Waals surface area contributed by atoms with Crippen molar-refractivity contribution in [2.75, 3.05) is 56.7 Å². The number of pyridine rings is 1. The van der Waals surface area contributed by atoms with E-state index in [4.69, 9.17) is 14.6 Å². The van der Waals surface area contributed by atoms with Gasteiger partial charge in [0.2, 0.25) is 5.95 Å². The van der Waals surface area contributed by atoms with Crippen molar-refractivity contribution in [2.45, 2.75) is 58.1 Å². The van der Waals surface area contributed by atoms with E-state index in [0.717, 1.165) is 97.7 Å². The molecule has 2 aliphatic rings. The number of nitrogens with one attached hydrogen (secondary N) is 2. The van der Waals surface area contributed by atoms with Gasteiger partial charge in [0.15, 0.2) is 5.65 Å². The third kappa shape index (κ3) is 7.31. The zero-order chi connectivity index (χ0) is 34.8. The second-order valence-corrected chi connectivity index (χ2v) is 14.3. The first-order valence-corrected chi connectivity index (χ1v) is 17.5. The SMILES string of the molecule is Cc1ccc(-n2nc(C(C)(C)C)cc2NC(=O)N[C@H]2CC[C@@H](Oc3ccc4nnc(N(C)CCN5CCOCC5)n4c3)c3ccccc32)cc1. The van der Waals surface area contributed by atoms with Crippen molar-refractivity contribution in [3.63, 3.8) is 0 Å². The summed E-state index contributed by atoms with van der Waals surface area (Å²) >= 11 is 0. The Morgan fingerprint density at radius 3 is 2.52 bits per heavy atom. The van der Waals surface area contributed by atoms with Gasteiger partial charge in [-0.2, -0.15) is 5.10 Å². The van der Waals surface area contributed by atoms with E-state index >= 15 is 0 Å². The van der Waals surface area contributed by atoms with Crippen molar-refractivity contribution in [3.8, 4) is 11.4 Å². The number of carbonyl (C=O) groups is 1. The van der Waals surface area contributed by atoms with E-state index in [1.54, 1.807) is 4.68 Å². The number of ether oxygens (including phenoxy) is 2. The summed E-state index contributed by atoms with van der Waals surface area (Å²) in [5.41, 5.74) is 5.65. The molecule has 1 fully saturated rings. The molecule has 1 saturated heterocycles. The highest BCUT2D eigenvalue weighted by Crippen LogP contribution is 2.39. The summed E-state index contributed by atoms with van der Waals surface area (Å²) in [4.78, 5) is 18.1. The molecule has 2 aromatic carbocycles. The number of aryl methyl sites for hydroxylation is 1. The van der Waals surface area contributed by atoms with Crippen LogP contribution in [-0.4, -0.2) is 81.8 Å². The molecule has 5 aromatic rings. The minimum Gasteiger partial charge on any atom is -0.484 e. The lowest BCUT2D eigenvalue weighted by Gasteiger charge is -2.32. The van der Waals surface area contributed by atoms with Crippen LogP contribution in [-0.2, 0) is 10.2 Å².